The summed E-state index contributed by atoms with van der Waals surface area (Å²) in [6.45, 7) is 6.14. The zero-order valence-electron chi connectivity index (χ0n) is 18.0. The van der Waals surface area contributed by atoms with Crippen molar-refractivity contribution < 1.29 is 14.1 Å². The lowest BCUT2D eigenvalue weighted by molar-refractivity contribution is -0.121. The fourth-order valence-electron chi connectivity index (χ4n) is 3.68. The number of likely N-dealkylation sites (tertiary alicyclic amines) is 1. The molecular formula is C24H24Cl2N4O3. The molecule has 1 aromatic heterocycles. The Balaban J connectivity index is 1.26. The van der Waals surface area contributed by atoms with Gasteiger partial charge in [-0.05, 0) is 68.4 Å². The summed E-state index contributed by atoms with van der Waals surface area (Å²) in [5.74, 6) is 1.68. The first-order valence-corrected chi connectivity index (χ1v) is 11.4. The summed E-state index contributed by atoms with van der Waals surface area (Å²) >= 11 is 12.2. The van der Waals surface area contributed by atoms with Crippen LogP contribution in [0.2, 0.25) is 10.0 Å². The molecule has 33 heavy (non-hydrogen) atoms. The predicted octanol–water partition coefficient (Wildman–Crippen LogP) is 5.46. The van der Waals surface area contributed by atoms with Gasteiger partial charge in [0.2, 0.25) is 17.6 Å². The van der Waals surface area contributed by atoms with Crippen molar-refractivity contribution in [1.82, 2.24) is 15.0 Å². The Labute approximate surface area is 202 Å². The van der Waals surface area contributed by atoms with Gasteiger partial charge in [0.15, 0.2) is 0 Å². The monoisotopic (exact) mass is 486 g/mol. The van der Waals surface area contributed by atoms with E-state index in [2.05, 4.69) is 26.9 Å². The van der Waals surface area contributed by atoms with Crippen LogP contribution in [0, 0.1) is 5.92 Å². The van der Waals surface area contributed by atoms with Crippen molar-refractivity contribution >= 4 is 34.8 Å². The zero-order chi connectivity index (χ0) is 23.2. The topological polar surface area (TPSA) is 80.5 Å². The molecule has 0 saturated carbocycles. The van der Waals surface area contributed by atoms with Crippen molar-refractivity contribution in [1.29, 1.82) is 0 Å². The summed E-state index contributed by atoms with van der Waals surface area (Å²) in [5.41, 5.74) is 1.43. The van der Waals surface area contributed by atoms with E-state index in [1.54, 1.807) is 24.3 Å². The third-order valence-corrected chi connectivity index (χ3v) is 5.99. The number of anilines is 1. The van der Waals surface area contributed by atoms with E-state index in [-0.39, 0.29) is 11.8 Å². The number of benzene rings is 2. The predicted molar refractivity (Wildman–Crippen MR) is 129 cm³/mol. The van der Waals surface area contributed by atoms with Crippen LogP contribution in [-0.4, -0.2) is 40.6 Å². The lowest BCUT2D eigenvalue weighted by atomic mass is 9.96. The minimum absolute atomic E-state index is 0.0341. The number of carbonyl (C=O) groups is 1. The lowest BCUT2D eigenvalue weighted by Crippen LogP contribution is -2.37. The molecule has 9 heteroatoms. The van der Waals surface area contributed by atoms with Crippen molar-refractivity contribution in [2.45, 2.75) is 19.4 Å². The van der Waals surface area contributed by atoms with Crippen LogP contribution in [0.25, 0.3) is 11.4 Å². The summed E-state index contributed by atoms with van der Waals surface area (Å²) in [4.78, 5) is 19.3. The van der Waals surface area contributed by atoms with E-state index < -0.39 is 0 Å². The van der Waals surface area contributed by atoms with Crippen LogP contribution in [0.3, 0.4) is 0 Å². The normalized spacial score (nSPS) is 14.7. The van der Waals surface area contributed by atoms with Crippen LogP contribution in [0.15, 0.2) is 59.6 Å². The number of rotatable bonds is 8. The molecule has 1 fully saturated rings. The van der Waals surface area contributed by atoms with E-state index in [4.69, 9.17) is 32.5 Å². The third-order valence-electron chi connectivity index (χ3n) is 5.45. The summed E-state index contributed by atoms with van der Waals surface area (Å²) < 4.78 is 10.9. The van der Waals surface area contributed by atoms with Crippen molar-refractivity contribution in [2.24, 2.45) is 5.92 Å². The number of nitrogens with one attached hydrogen (secondary N) is 1. The van der Waals surface area contributed by atoms with Gasteiger partial charge < -0.3 is 14.6 Å². The molecule has 0 bridgehead atoms. The first-order chi connectivity index (χ1) is 16.0. The number of halogens is 2. The Bertz CT molecular complexity index is 1110. The Kier molecular flexibility index (Phi) is 7.65. The number of ether oxygens (including phenoxy) is 1. The van der Waals surface area contributed by atoms with Gasteiger partial charge in [-0.15, -0.1) is 0 Å². The second-order valence-corrected chi connectivity index (χ2v) is 8.64. The molecule has 4 rings (SSSR count). The molecule has 1 amide bonds. The molecule has 0 radical (unpaired) electrons. The molecule has 172 valence electrons. The summed E-state index contributed by atoms with van der Waals surface area (Å²) in [7, 11) is 0. The van der Waals surface area contributed by atoms with Crippen LogP contribution < -0.4 is 10.1 Å². The highest BCUT2D eigenvalue weighted by molar-refractivity contribution is 6.36. The Morgan fingerprint density at radius 1 is 1.21 bits per heavy atom. The van der Waals surface area contributed by atoms with E-state index in [1.807, 2.05) is 24.3 Å². The molecule has 2 heterocycles. The number of amides is 1. The smallest absolute Gasteiger partial charge is 0.241 e. The highest BCUT2D eigenvalue weighted by Gasteiger charge is 2.26. The maximum atomic E-state index is 12.7. The van der Waals surface area contributed by atoms with Gasteiger partial charge in [-0.2, -0.15) is 4.98 Å². The van der Waals surface area contributed by atoms with E-state index >= 15 is 0 Å². The highest BCUT2D eigenvalue weighted by Crippen LogP contribution is 2.29. The first-order valence-electron chi connectivity index (χ1n) is 10.7. The quantitative estimate of drug-likeness (QED) is 0.425. The largest absolute Gasteiger partial charge is 0.490 e. The maximum Gasteiger partial charge on any atom is 0.241 e. The summed E-state index contributed by atoms with van der Waals surface area (Å²) in [6, 6.07) is 12.5. The molecule has 0 spiro atoms. The fraction of sp³-hybridized carbons (Fsp3) is 0.292. The Hall–Kier alpha value is -2.87. The van der Waals surface area contributed by atoms with Gasteiger partial charge in [0.25, 0.3) is 0 Å². The minimum Gasteiger partial charge on any atom is -0.490 e. The van der Waals surface area contributed by atoms with Gasteiger partial charge in [0.1, 0.15) is 12.4 Å². The minimum atomic E-state index is -0.0379. The average Bonchev–Trinajstić information content (AvgIpc) is 3.27. The van der Waals surface area contributed by atoms with Gasteiger partial charge in [-0.3, -0.25) is 9.69 Å². The molecule has 0 unspecified atom stereocenters. The highest BCUT2D eigenvalue weighted by atomic mass is 35.5. The summed E-state index contributed by atoms with van der Waals surface area (Å²) in [6.07, 6.45) is 3.21. The van der Waals surface area contributed by atoms with Gasteiger partial charge in [-0.25, -0.2) is 0 Å². The van der Waals surface area contributed by atoms with Crippen LogP contribution in [0.1, 0.15) is 18.7 Å². The van der Waals surface area contributed by atoms with Gasteiger partial charge in [0, 0.05) is 22.2 Å². The maximum absolute atomic E-state index is 12.7. The van der Waals surface area contributed by atoms with Crippen molar-refractivity contribution in [3.63, 3.8) is 0 Å². The second kappa shape index (κ2) is 10.8. The molecule has 1 saturated heterocycles. The van der Waals surface area contributed by atoms with Crippen molar-refractivity contribution in [3.8, 4) is 17.1 Å². The van der Waals surface area contributed by atoms with Crippen molar-refractivity contribution in [2.75, 3.05) is 25.0 Å². The number of hydrogen-bond donors (Lipinski definition) is 1. The Morgan fingerprint density at radius 3 is 2.67 bits per heavy atom. The molecule has 1 N–H and O–H groups in total. The van der Waals surface area contributed by atoms with Gasteiger partial charge >= 0.3 is 0 Å². The van der Waals surface area contributed by atoms with Crippen LogP contribution in [0.5, 0.6) is 5.75 Å². The SMILES string of the molecule is C=CCOc1ccc(NC(=O)C2CCN(Cc3nc(-c4ccc(Cl)cc4Cl)no3)CC2)cc1. The average molecular weight is 487 g/mol. The number of carbonyl (C=O) groups excluding carboxylic acids is 1. The lowest BCUT2D eigenvalue weighted by Gasteiger charge is -2.30. The number of piperidine rings is 1. The molecule has 0 aliphatic carbocycles. The van der Waals surface area contributed by atoms with E-state index in [1.165, 1.54) is 0 Å². The third kappa shape index (κ3) is 6.13. The Morgan fingerprint density at radius 2 is 1.97 bits per heavy atom. The fourth-order valence-corrected chi connectivity index (χ4v) is 4.17. The van der Waals surface area contributed by atoms with Crippen LogP contribution in [0.4, 0.5) is 5.69 Å². The molecule has 3 aromatic rings. The van der Waals surface area contributed by atoms with E-state index in [0.717, 1.165) is 37.4 Å². The standard InChI is InChI=1S/C24H24Cl2N4O3/c1-2-13-32-19-6-4-18(5-7-19)27-24(31)16-9-11-30(12-10-16)15-22-28-23(29-33-22)20-8-3-17(25)14-21(20)26/h2-8,14,16H,1,9-13,15H2,(H,27,31). The molecule has 1 aliphatic heterocycles. The second-order valence-electron chi connectivity index (χ2n) is 7.80. The molecule has 2 aromatic carbocycles. The van der Waals surface area contributed by atoms with E-state index in [9.17, 15) is 4.79 Å². The number of nitrogens with zero attached hydrogens (tertiary/aromatic N) is 3. The number of hydrogen-bond acceptors (Lipinski definition) is 6. The van der Waals surface area contributed by atoms with Crippen LogP contribution >= 0.6 is 23.2 Å². The zero-order valence-corrected chi connectivity index (χ0v) is 19.5. The van der Waals surface area contributed by atoms with Crippen LogP contribution in [-0.2, 0) is 11.3 Å². The van der Waals surface area contributed by atoms with Gasteiger partial charge in [-0.1, -0.05) is 41.0 Å². The van der Waals surface area contributed by atoms with Gasteiger partial charge in [0.05, 0.1) is 11.6 Å². The molecular weight excluding hydrogens is 463 g/mol. The molecule has 0 atom stereocenters. The first kappa shape index (κ1) is 23.3. The summed E-state index contributed by atoms with van der Waals surface area (Å²) in [5, 5.41) is 8.05. The molecule has 1 aliphatic rings. The van der Waals surface area contributed by atoms with Crippen molar-refractivity contribution in [3.05, 3.63) is 71.1 Å². The molecule has 7 nitrogen and oxygen atoms in total. The van der Waals surface area contributed by atoms with E-state index in [0.29, 0.717) is 40.5 Å². The number of aromatic nitrogens is 2.